The number of hydrogen-bond donors (Lipinski definition) is 0. The third-order valence-corrected chi connectivity index (χ3v) is 5.39. The number of piperazine rings is 1. The second kappa shape index (κ2) is 8.59. The fourth-order valence-electron chi connectivity index (χ4n) is 3.60. The second-order valence-electron chi connectivity index (χ2n) is 7.08. The molecule has 30 heavy (non-hydrogen) atoms. The zero-order valence-corrected chi connectivity index (χ0v) is 16.9. The summed E-state index contributed by atoms with van der Waals surface area (Å²) in [5, 5.41) is 11.9. The summed E-state index contributed by atoms with van der Waals surface area (Å²) in [6.07, 6.45) is 5.27. The molecule has 8 heteroatoms. The van der Waals surface area contributed by atoms with Crippen molar-refractivity contribution in [1.82, 2.24) is 4.90 Å². The molecule has 0 aliphatic carbocycles. The van der Waals surface area contributed by atoms with E-state index in [2.05, 4.69) is 0 Å². The van der Waals surface area contributed by atoms with Gasteiger partial charge in [-0.15, -0.1) is 0 Å². The highest BCUT2D eigenvalue weighted by Gasteiger charge is 2.24. The molecule has 0 unspecified atom stereocenters. The molecule has 1 amide bonds. The Kier molecular flexibility index (Phi) is 5.72. The summed E-state index contributed by atoms with van der Waals surface area (Å²) in [6.45, 7) is 2.49. The van der Waals surface area contributed by atoms with Crippen molar-refractivity contribution < 1.29 is 14.5 Å². The van der Waals surface area contributed by atoms with Crippen LogP contribution in [0.25, 0.3) is 6.08 Å². The summed E-state index contributed by atoms with van der Waals surface area (Å²) in [7, 11) is 0. The maximum absolute atomic E-state index is 12.6. The number of nitrogens with zero attached hydrogens (tertiary/aromatic N) is 3. The third-order valence-electron chi connectivity index (χ3n) is 5.16. The number of rotatable bonds is 4. The number of carbonyl (C=O) groups excluding carboxylic acids is 1. The number of fused-ring (bicyclic) bond motifs is 1. The number of anilines is 1. The van der Waals surface area contributed by atoms with E-state index < -0.39 is 0 Å². The molecule has 0 radical (unpaired) electrons. The molecule has 4 rings (SSSR count). The van der Waals surface area contributed by atoms with Crippen molar-refractivity contribution in [2.45, 2.75) is 0 Å². The van der Waals surface area contributed by atoms with Crippen LogP contribution in [0.4, 0.5) is 11.4 Å². The number of benzene rings is 2. The van der Waals surface area contributed by atoms with Gasteiger partial charge < -0.3 is 14.5 Å². The molecule has 0 bridgehead atoms. The largest absolute Gasteiger partial charge is 0.488 e. The van der Waals surface area contributed by atoms with Gasteiger partial charge in [-0.05, 0) is 35.9 Å². The lowest BCUT2D eigenvalue weighted by molar-refractivity contribution is -0.384. The number of ether oxygens (including phenoxy) is 1. The Balaban J connectivity index is 1.38. The molecule has 0 spiro atoms. The van der Waals surface area contributed by atoms with E-state index in [9.17, 15) is 14.9 Å². The molecule has 2 aliphatic heterocycles. The minimum absolute atomic E-state index is 0.0850. The standard InChI is InChI=1S/C22H20ClN3O4/c23-18-6-7-21-17(14-18)13-16(15-30-21)5-8-22(27)25-11-9-24(10-12-25)19-3-1-2-4-20(19)26(28)29/h1-8,13-14H,9-12,15H2/b8-5+. The van der Waals surface area contributed by atoms with Crippen molar-refractivity contribution in [3.05, 3.63) is 80.9 Å². The Morgan fingerprint density at radius 3 is 2.67 bits per heavy atom. The molecule has 0 saturated carbocycles. The summed E-state index contributed by atoms with van der Waals surface area (Å²) in [5.74, 6) is 0.684. The number of nitro groups is 1. The maximum Gasteiger partial charge on any atom is 0.292 e. The molecule has 2 aromatic carbocycles. The van der Waals surface area contributed by atoms with E-state index in [1.54, 1.807) is 41.3 Å². The van der Waals surface area contributed by atoms with Crippen LogP contribution in [0.2, 0.25) is 5.02 Å². The molecular formula is C22H20ClN3O4. The predicted molar refractivity (Wildman–Crippen MR) is 116 cm³/mol. The zero-order chi connectivity index (χ0) is 21.1. The highest BCUT2D eigenvalue weighted by Crippen LogP contribution is 2.30. The van der Waals surface area contributed by atoms with Gasteiger partial charge in [0.1, 0.15) is 18.0 Å². The van der Waals surface area contributed by atoms with E-state index in [4.69, 9.17) is 16.3 Å². The van der Waals surface area contributed by atoms with Crippen LogP contribution in [0.3, 0.4) is 0 Å². The molecule has 2 heterocycles. The average molecular weight is 426 g/mol. The third kappa shape index (κ3) is 4.31. The lowest BCUT2D eigenvalue weighted by atomic mass is 10.1. The quantitative estimate of drug-likeness (QED) is 0.421. The van der Waals surface area contributed by atoms with Gasteiger partial charge in [0.2, 0.25) is 5.91 Å². The van der Waals surface area contributed by atoms with E-state index in [0.29, 0.717) is 43.5 Å². The van der Waals surface area contributed by atoms with Gasteiger partial charge in [-0.3, -0.25) is 14.9 Å². The first-order valence-electron chi connectivity index (χ1n) is 9.59. The van der Waals surface area contributed by atoms with E-state index in [0.717, 1.165) is 16.9 Å². The van der Waals surface area contributed by atoms with Crippen molar-refractivity contribution in [3.63, 3.8) is 0 Å². The normalized spacial score (nSPS) is 16.1. The van der Waals surface area contributed by atoms with Crippen LogP contribution in [0, 0.1) is 10.1 Å². The van der Waals surface area contributed by atoms with Crippen LogP contribution in [-0.4, -0.2) is 48.5 Å². The van der Waals surface area contributed by atoms with Crippen molar-refractivity contribution in [3.8, 4) is 5.75 Å². The van der Waals surface area contributed by atoms with E-state index in [1.807, 2.05) is 23.1 Å². The SMILES string of the molecule is O=C(/C=C/C1=Cc2cc(Cl)ccc2OC1)N1CCN(c2ccccc2[N+](=O)[O-])CC1. The number of nitro benzene ring substituents is 1. The highest BCUT2D eigenvalue weighted by molar-refractivity contribution is 6.30. The lowest BCUT2D eigenvalue weighted by Gasteiger charge is -2.35. The van der Waals surface area contributed by atoms with Gasteiger partial charge in [-0.2, -0.15) is 0 Å². The van der Waals surface area contributed by atoms with Crippen LogP contribution in [-0.2, 0) is 4.79 Å². The van der Waals surface area contributed by atoms with Gasteiger partial charge in [-0.25, -0.2) is 0 Å². The number of halogens is 1. The van der Waals surface area contributed by atoms with E-state index >= 15 is 0 Å². The molecule has 0 N–H and O–H groups in total. The van der Waals surface area contributed by atoms with Gasteiger partial charge >= 0.3 is 0 Å². The van der Waals surface area contributed by atoms with Crippen LogP contribution in [0.15, 0.2) is 60.2 Å². The number of amides is 1. The Hall–Kier alpha value is -3.32. The molecule has 2 aromatic rings. The first kappa shape index (κ1) is 20.0. The Labute approximate surface area is 178 Å². The molecule has 1 saturated heterocycles. The van der Waals surface area contributed by atoms with Crippen molar-refractivity contribution in [1.29, 1.82) is 0 Å². The van der Waals surface area contributed by atoms with Crippen molar-refractivity contribution in [2.24, 2.45) is 0 Å². The summed E-state index contributed by atoms with van der Waals surface area (Å²) in [5.41, 5.74) is 2.45. The number of carbonyl (C=O) groups is 1. The maximum atomic E-state index is 12.6. The Morgan fingerprint density at radius 2 is 1.90 bits per heavy atom. The second-order valence-corrected chi connectivity index (χ2v) is 7.52. The van der Waals surface area contributed by atoms with Crippen LogP contribution in [0.1, 0.15) is 5.56 Å². The van der Waals surface area contributed by atoms with Crippen LogP contribution in [0.5, 0.6) is 5.75 Å². The smallest absolute Gasteiger partial charge is 0.292 e. The van der Waals surface area contributed by atoms with Crippen molar-refractivity contribution >= 4 is 35.0 Å². The number of hydrogen-bond acceptors (Lipinski definition) is 5. The van der Waals surface area contributed by atoms with Gasteiger partial charge in [0.05, 0.1) is 4.92 Å². The highest BCUT2D eigenvalue weighted by atomic mass is 35.5. The predicted octanol–water partition coefficient (Wildman–Crippen LogP) is 3.93. The lowest BCUT2D eigenvalue weighted by Crippen LogP contribution is -2.48. The molecule has 2 aliphatic rings. The Bertz CT molecular complexity index is 1040. The van der Waals surface area contributed by atoms with Gasteiger partial charge in [0, 0.05) is 48.9 Å². The Morgan fingerprint density at radius 1 is 1.13 bits per heavy atom. The molecule has 7 nitrogen and oxygen atoms in total. The molecule has 0 aromatic heterocycles. The molecule has 154 valence electrons. The summed E-state index contributed by atoms with van der Waals surface area (Å²) >= 11 is 6.03. The van der Waals surface area contributed by atoms with Gasteiger partial charge in [-0.1, -0.05) is 29.8 Å². The van der Waals surface area contributed by atoms with E-state index in [-0.39, 0.29) is 16.5 Å². The fourth-order valence-corrected chi connectivity index (χ4v) is 3.78. The molecule has 1 fully saturated rings. The van der Waals surface area contributed by atoms with Crippen molar-refractivity contribution in [2.75, 3.05) is 37.7 Å². The zero-order valence-electron chi connectivity index (χ0n) is 16.2. The monoisotopic (exact) mass is 425 g/mol. The fraction of sp³-hybridized carbons (Fsp3) is 0.227. The summed E-state index contributed by atoms with van der Waals surface area (Å²) < 4.78 is 5.70. The minimum Gasteiger partial charge on any atom is -0.488 e. The van der Waals surface area contributed by atoms with Gasteiger partial charge in [0.25, 0.3) is 5.69 Å². The van der Waals surface area contributed by atoms with Gasteiger partial charge in [0.15, 0.2) is 0 Å². The molecule has 0 atom stereocenters. The average Bonchev–Trinajstić information content (AvgIpc) is 2.77. The summed E-state index contributed by atoms with van der Waals surface area (Å²) in [4.78, 5) is 27.2. The topological polar surface area (TPSA) is 75.9 Å². The molecular weight excluding hydrogens is 406 g/mol. The first-order chi connectivity index (χ1) is 14.5. The van der Waals surface area contributed by atoms with E-state index in [1.165, 1.54) is 6.07 Å². The first-order valence-corrected chi connectivity index (χ1v) is 9.97. The van der Waals surface area contributed by atoms with Crippen LogP contribution >= 0.6 is 11.6 Å². The van der Waals surface area contributed by atoms with Crippen LogP contribution < -0.4 is 9.64 Å². The minimum atomic E-state index is -0.374. The number of para-hydroxylation sites is 2. The summed E-state index contributed by atoms with van der Waals surface area (Å²) in [6, 6.07) is 12.1.